The van der Waals surface area contributed by atoms with Crippen LogP contribution in [0.25, 0.3) is 6.08 Å². The third-order valence-electron chi connectivity index (χ3n) is 4.62. The van der Waals surface area contributed by atoms with Crippen LogP contribution in [-0.2, 0) is 9.59 Å². The van der Waals surface area contributed by atoms with Crippen molar-refractivity contribution in [2.24, 2.45) is 4.99 Å². The fourth-order valence-corrected chi connectivity index (χ4v) is 4.02. The van der Waals surface area contributed by atoms with Crippen molar-refractivity contribution in [3.05, 3.63) is 64.6 Å². The van der Waals surface area contributed by atoms with Gasteiger partial charge in [-0.05, 0) is 73.1 Å². The van der Waals surface area contributed by atoms with Crippen molar-refractivity contribution in [1.82, 2.24) is 4.90 Å². The minimum absolute atomic E-state index is 0.160. The highest BCUT2D eigenvalue weighted by molar-refractivity contribution is 8.18. The van der Waals surface area contributed by atoms with Crippen LogP contribution in [0.3, 0.4) is 0 Å². The second-order valence-electron chi connectivity index (χ2n) is 6.83. The number of hydrogen-bond acceptors (Lipinski definition) is 6. The average Bonchev–Trinajstić information content (AvgIpc) is 3.06. The molecule has 0 spiro atoms. The van der Waals surface area contributed by atoms with E-state index in [1.54, 1.807) is 54.3 Å². The van der Waals surface area contributed by atoms with Gasteiger partial charge >= 0.3 is 11.9 Å². The topological polar surface area (TPSA) is 117 Å². The highest BCUT2D eigenvalue weighted by Crippen LogP contribution is 2.34. The number of amidine groups is 1. The first-order valence-electron chi connectivity index (χ1n) is 9.95. The summed E-state index contributed by atoms with van der Waals surface area (Å²) in [4.78, 5) is 41.6. The van der Waals surface area contributed by atoms with Crippen LogP contribution in [0.15, 0.2) is 58.4 Å². The molecule has 0 aliphatic carbocycles. The molecule has 0 bridgehead atoms. The molecule has 1 fully saturated rings. The van der Waals surface area contributed by atoms with Gasteiger partial charge in [-0.25, -0.2) is 14.6 Å². The number of hydrogen-bond donors (Lipinski definition) is 2. The summed E-state index contributed by atoms with van der Waals surface area (Å²) in [6.07, 6.45) is 1.09. The van der Waals surface area contributed by atoms with Gasteiger partial charge in [0.1, 0.15) is 5.75 Å². The van der Waals surface area contributed by atoms with E-state index in [4.69, 9.17) is 9.84 Å². The van der Waals surface area contributed by atoms with E-state index < -0.39 is 18.0 Å². The molecule has 1 aliphatic heterocycles. The number of rotatable bonds is 8. The van der Waals surface area contributed by atoms with Crippen LogP contribution in [-0.4, -0.2) is 50.8 Å². The van der Waals surface area contributed by atoms with Gasteiger partial charge in [0.05, 0.1) is 16.2 Å². The van der Waals surface area contributed by atoms with E-state index in [-0.39, 0.29) is 11.5 Å². The zero-order valence-electron chi connectivity index (χ0n) is 17.5. The van der Waals surface area contributed by atoms with Crippen molar-refractivity contribution in [3.8, 4) is 5.75 Å². The van der Waals surface area contributed by atoms with Crippen molar-refractivity contribution >= 4 is 46.5 Å². The first-order chi connectivity index (χ1) is 15.3. The van der Waals surface area contributed by atoms with Crippen molar-refractivity contribution < 1.29 is 29.3 Å². The summed E-state index contributed by atoms with van der Waals surface area (Å²) in [6, 6.07) is 13.0. The number of amides is 1. The van der Waals surface area contributed by atoms with Gasteiger partial charge in [0.2, 0.25) is 0 Å². The van der Waals surface area contributed by atoms with Crippen molar-refractivity contribution in [1.29, 1.82) is 0 Å². The Bertz CT molecular complexity index is 1090. The fourth-order valence-electron chi connectivity index (χ4n) is 2.96. The summed E-state index contributed by atoms with van der Waals surface area (Å²) < 4.78 is 5.53. The molecule has 3 rings (SSSR count). The van der Waals surface area contributed by atoms with Crippen molar-refractivity contribution in [2.45, 2.75) is 26.4 Å². The molecule has 2 aromatic rings. The molecule has 1 amide bonds. The summed E-state index contributed by atoms with van der Waals surface area (Å²) in [5.41, 5.74) is 1.40. The van der Waals surface area contributed by atoms with Crippen molar-refractivity contribution in [3.63, 3.8) is 0 Å². The van der Waals surface area contributed by atoms with Gasteiger partial charge in [0.15, 0.2) is 11.3 Å². The molecule has 1 atom stereocenters. The fraction of sp³-hybridized carbons (Fsp3) is 0.217. The lowest BCUT2D eigenvalue weighted by atomic mass is 10.2. The number of carbonyl (C=O) groups excluding carboxylic acids is 1. The number of aliphatic carboxylic acids is 1. The van der Waals surface area contributed by atoms with Gasteiger partial charge in [-0.2, -0.15) is 0 Å². The van der Waals surface area contributed by atoms with Crippen LogP contribution in [0.2, 0.25) is 0 Å². The zero-order valence-corrected chi connectivity index (χ0v) is 18.3. The lowest BCUT2D eigenvalue weighted by Gasteiger charge is -2.13. The van der Waals surface area contributed by atoms with Crippen LogP contribution in [0.4, 0.5) is 5.69 Å². The van der Waals surface area contributed by atoms with Crippen LogP contribution in [0.1, 0.15) is 36.2 Å². The Hall–Kier alpha value is -3.59. The van der Waals surface area contributed by atoms with E-state index in [0.29, 0.717) is 40.0 Å². The number of thioether (sulfide) groups is 1. The maximum absolute atomic E-state index is 12.9. The molecule has 0 radical (unpaired) electrons. The Kier molecular flexibility index (Phi) is 7.32. The predicted molar refractivity (Wildman–Crippen MR) is 122 cm³/mol. The van der Waals surface area contributed by atoms with Gasteiger partial charge in [-0.1, -0.05) is 19.1 Å². The third kappa shape index (κ3) is 5.36. The SMILES string of the molecule is CCC(Oc1cccc(/C=C2\SC(=Nc3ccc(C(=O)O)cc3)N(CC)C2=O)c1)C(=O)O. The Morgan fingerprint density at radius 1 is 1.16 bits per heavy atom. The second kappa shape index (κ2) is 10.1. The lowest BCUT2D eigenvalue weighted by Crippen LogP contribution is -2.28. The number of carbonyl (C=O) groups is 3. The monoisotopic (exact) mass is 454 g/mol. The van der Waals surface area contributed by atoms with E-state index in [2.05, 4.69) is 4.99 Å². The molecule has 1 saturated heterocycles. The average molecular weight is 455 g/mol. The molecule has 8 nitrogen and oxygen atoms in total. The number of ether oxygens (including phenoxy) is 1. The van der Waals surface area contributed by atoms with Crippen LogP contribution >= 0.6 is 11.8 Å². The number of benzene rings is 2. The number of carboxylic acids is 2. The lowest BCUT2D eigenvalue weighted by molar-refractivity contribution is -0.145. The second-order valence-corrected chi connectivity index (χ2v) is 7.84. The molecule has 1 unspecified atom stereocenters. The van der Waals surface area contributed by atoms with Gasteiger partial charge < -0.3 is 14.9 Å². The number of likely N-dealkylation sites (N-methyl/N-ethyl adjacent to an activating group) is 1. The Morgan fingerprint density at radius 2 is 1.88 bits per heavy atom. The predicted octanol–water partition coefficient (Wildman–Crippen LogP) is 4.25. The molecule has 0 saturated carbocycles. The smallest absolute Gasteiger partial charge is 0.344 e. The summed E-state index contributed by atoms with van der Waals surface area (Å²) in [7, 11) is 0. The quantitative estimate of drug-likeness (QED) is 0.573. The molecule has 32 heavy (non-hydrogen) atoms. The van der Waals surface area contributed by atoms with Gasteiger partial charge in [-0.15, -0.1) is 0 Å². The number of carboxylic acid groups (broad SMARTS) is 2. The summed E-state index contributed by atoms with van der Waals surface area (Å²) in [6.45, 7) is 4.00. The molecule has 0 aromatic heterocycles. The van der Waals surface area contributed by atoms with Gasteiger partial charge in [-0.3, -0.25) is 9.69 Å². The Labute approximate surface area is 189 Å². The zero-order chi connectivity index (χ0) is 23.3. The first kappa shape index (κ1) is 23.1. The molecule has 2 aromatic carbocycles. The maximum Gasteiger partial charge on any atom is 0.344 e. The van der Waals surface area contributed by atoms with E-state index in [9.17, 15) is 19.5 Å². The van der Waals surface area contributed by atoms with E-state index in [1.165, 1.54) is 23.9 Å². The van der Waals surface area contributed by atoms with Crippen LogP contribution in [0, 0.1) is 0 Å². The van der Waals surface area contributed by atoms with Crippen LogP contribution in [0.5, 0.6) is 5.75 Å². The summed E-state index contributed by atoms with van der Waals surface area (Å²) in [5.74, 6) is -1.84. The molecule has 9 heteroatoms. The van der Waals surface area contributed by atoms with Gasteiger partial charge in [0.25, 0.3) is 5.91 Å². The molecule has 166 valence electrons. The standard InChI is InChI=1S/C23H22N2O6S/c1-3-18(22(29)30)31-17-7-5-6-14(12-17)13-19-20(26)25(4-2)23(32-19)24-16-10-8-15(9-11-16)21(27)28/h5-13,18H,3-4H2,1-2H3,(H,27,28)(H,29,30)/b19-13-,24-23?. The minimum atomic E-state index is -1.03. The van der Waals surface area contributed by atoms with E-state index >= 15 is 0 Å². The van der Waals surface area contributed by atoms with Crippen LogP contribution < -0.4 is 4.74 Å². The highest BCUT2D eigenvalue weighted by atomic mass is 32.2. The molecular weight excluding hydrogens is 432 g/mol. The molecule has 1 heterocycles. The van der Waals surface area contributed by atoms with Crippen molar-refractivity contribution in [2.75, 3.05) is 6.54 Å². The number of nitrogens with zero attached hydrogens (tertiary/aromatic N) is 2. The van der Waals surface area contributed by atoms with E-state index in [0.717, 1.165) is 0 Å². The third-order valence-corrected chi connectivity index (χ3v) is 5.63. The highest BCUT2D eigenvalue weighted by Gasteiger charge is 2.32. The molecule has 1 aliphatic rings. The Balaban J connectivity index is 1.84. The van der Waals surface area contributed by atoms with Gasteiger partial charge in [0, 0.05) is 6.54 Å². The first-order valence-corrected chi connectivity index (χ1v) is 10.8. The summed E-state index contributed by atoms with van der Waals surface area (Å²) >= 11 is 1.22. The minimum Gasteiger partial charge on any atom is -0.479 e. The van der Waals surface area contributed by atoms with E-state index in [1.807, 2.05) is 6.92 Å². The summed E-state index contributed by atoms with van der Waals surface area (Å²) in [5, 5.41) is 18.7. The Morgan fingerprint density at radius 3 is 2.47 bits per heavy atom. The largest absolute Gasteiger partial charge is 0.479 e. The number of aliphatic imine (C=N–C) groups is 1. The number of aromatic carboxylic acids is 1. The molecular formula is C23H22N2O6S. The molecule has 2 N–H and O–H groups in total. The maximum atomic E-state index is 12.9. The normalized spacial score (nSPS) is 17.1.